The highest BCUT2D eigenvalue weighted by Crippen LogP contribution is 2.15. The van der Waals surface area contributed by atoms with Crippen LogP contribution in [0.2, 0.25) is 0 Å². The first-order chi connectivity index (χ1) is 10.00. The van der Waals surface area contributed by atoms with E-state index in [0.717, 1.165) is 51.9 Å². The number of rotatable bonds is 13. The summed E-state index contributed by atoms with van der Waals surface area (Å²) in [5.41, 5.74) is -0.570. The Labute approximate surface area is 130 Å². The van der Waals surface area contributed by atoms with Crippen molar-refractivity contribution >= 4 is 5.97 Å². The van der Waals surface area contributed by atoms with E-state index in [9.17, 15) is 4.79 Å². The second-order valence-corrected chi connectivity index (χ2v) is 5.73. The van der Waals surface area contributed by atoms with Gasteiger partial charge in [-0.25, -0.2) is 0 Å². The Morgan fingerprint density at radius 2 is 1.90 bits per heavy atom. The van der Waals surface area contributed by atoms with E-state index in [0.29, 0.717) is 6.61 Å². The van der Waals surface area contributed by atoms with E-state index >= 15 is 0 Å². The van der Waals surface area contributed by atoms with Crippen LogP contribution < -0.4 is 5.32 Å². The Morgan fingerprint density at radius 1 is 1.24 bits per heavy atom. The third-order valence-corrected chi connectivity index (χ3v) is 3.60. The lowest BCUT2D eigenvalue weighted by Gasteiger charge is -2.29. The standard InChI is InChI=1S/C16H34N2O3/c1-6-11-17-16(3,15(19)21-7-2)10-8-12-18(4)13-9-14-20-5/h17H,6-14H2,1-5H3. The van der Waals surface area contributed by atoms with Gasteiger partial charge < -0.3 is 19.7 Å². The summed E-state index contributed by atoms with van der Waals surface area (Å²) in [5, 5.41) is 3.34. The molecule has 0 amide bonds. The van der Waals surface area contributed by atoms with Gasteiger partial charge in [-0.05, 0) is 59.7 Å². The Hall–Kier alpha value is -0.650. The molecule has 0 aromatic heterocycles. The molecule has 0 saturated carbocycles. The van der Waals surface area contributed by atoms with Crippen molar-refractivity contribution < 1.29 is 14.3 Å². The zero-order chi connectivity index (χ0) is 16.1. The molecule has 0 rings (SSSR count). The quantitative estimate of drug-likeness (QED) is 0.417. The van der Waals surface area contributed by atoms with Gasteiger partial charge in [0.05, 0.1) is 6.61 Å². The number of nitrogens with zero attached hydrogens (tertiary/aromatic N) is 1. The van der Waals surface area contributed by atoms with Crippen LogP contribution in [0.4, 0.5) is 0 Å². The van der Waals surface area contributed by atoms with E-state index in [4.69, 9.17) is 9.47 Å². The summed E-state index contributed by atoms with van der Waals surface area (Å²) >= 11 is 0. The third kappa shape index (κ3) is 9.06. The lowest BCUT2D eigenvalue weighted by Crippen LogP contribution is -2.51. The van der Waals surface area contributed by atoms with Crippen LogP contribution in [-0.2, 0) is 14.3 Å². The van der Waals surface area contributed by atoms with Gasteiger partial charge in [-0.1, -0.05) is 6.92 Å². The van der Waals surface area contributed by atoms with Gasteiger partial charge in [0.2, 0.25) is 0 Å². The second kappa shape index (κ2) is 12.0. The topological polar surface area (TPSA) is 50.8 Å². The van der Waals surface area contributed by atoms with Gasteiger partial charge in [-0.3, -0.25) is 4.79 Å². The molecule has 1 unspecified atom stereocenters. The maximum atomic E-state index is 12.1. The molecule has 0 aromatic rings. The maximum absolute atomic E-state index is 12.1. The van der Waals surface area contributed by atoms with Crippen molar-refractivity contribution in [3.8, 4) is 0 Å². The fourth-order valence-corrected chi connectivity index (χ4v) is 2.25. The molecule has 126 valence electrons. The molecule has 1 N–H and O–H groups in total. The molecule has 0 aliphatic rings. The Kier molecular flexibility index (Phi) is 11.6. The Bertz CT molecular complexity index is 274. The number of esters is 1. The van der Waals surface area contributed by atoms with Crippen LogP contribution >= 0.6 is 0 Å². The number of ether oxygens (including phenoxy) is 2. The van der Waals surface area contributed by atoms with Gasteiger partial charge in [0.25, 0.3) is 0 Å². The third-order valence-electron chi connectivity index (χ3n) is 3.60. The van der Waals surface area contributed by atoms with Crippen molar-refractivity contribution in [2.75, 3.05) is 47.0 Å². The molecule has 21 heavy (non-hydrogen) atoms. The molecule has 1 atom stereocenters. The number of nitrogens with one attached hydrogen (secondary N) is 1. The average Bonchev–Trinajstić information content (AvgIpc) is 2.45. The number of carbonyl (C=O) groups is 1. The molecule has 0 radical (unpaired) electrons. The van der Waals surface area contributed by atoms with E-state index in [2.05, 4.69) is 24.2 Å². The highest BCUT2D eigenvalue weighted by molar-refractivity contribution is 5.80. The Balaban J connectivity index is 4.19. The molecule has 5 nitrogen and oxygen atoms in total. The molecular weight excluding hydrogens is 268 g/mol. The first kappa shape index (κ1) is 20.3. The van der Waals surface area contributed by atoms with Gasteiger partial charge in [0.15, 0.2) is 0 Å². The SMILES string of the molecule is CCCNC(C)(CCCN(C)CCCOC)C(=O)OCC. The van der Waals surface area contributed by atoms with Crippen LogP contribution in [-0.4, -0.2) is 63.4 Å². The summed E-state index contributed by atoms with van der Waals surface area (Å²) in [6.07, 6.45) is 3.80. The van der Waals surface area contributed by atoms with Crippen molar-refractivity contribution in [2.24, 2.45) is 0 Å². The largest absolute Gasteiger partial charge is 0.465 e. The van der Waals surface area contributed by atoms with Gasteiger partial charge in [-0.2, -0.15) is 0 Å². The van der Waals surface area contributed by atoms with Gasteiger partial charge in [0.1, 0.15) is 5.54 Å². The predicted octanol–water partition coefficient (Wildman–Crippen LogP) is 2.06. The molecule has 0 fully saturated rings. The fourth-order valence-electron chi connectivity index (χ4n) is 2.25. The lowest BCUT2D eigenvalue weighted by atomic mass is 9.95. The van der Waals surface area contributed by atoms with Gasteiger partial charge in [-0.15, -0.1) is 0 Å². The maximum Gasteiger partial charge on any atom is 0.326 e. The smallest absolute Gasteiger partial charge is 0.326 e. The van der Waals surface area contributed by atoms with E-state index in [1.54, 1.807) is 7.11 Å². The molecule has 0 spiro atoms. The molecule has 0 aromatic carbocycles. The van der Waals surface area contributed by atoms with Crippen LogP contribution in [0.5, 0.6) is 0 Å². The number of hydrogen-bond donors (Lipinski definition) is 1. The lowest BCUT2D eigenvalue weighted by molar-refractivity contribution is -0.150. The number of hydrogen-bond acceptors (Lipinski definition) is 5. The van der Waals surface area contributed by atoms with E-state index in [1.807, 2.05) is 13.8 Å². The van der Waals surface area contributed by atoms with Crippen molar-refractivity contribution in [1.29, 1.82) is 0 Å². The molecule has 0 saturated heterocycles. The molecule has 5 heteroatoms. The summed E-state index contributed by atoms with van der Waals surface area (Å²) in [6, 6.07) is 0. The molecular formula is C16H34N2O3. The van der Waals surface area contributed by atoms with Crippen molar-refractivity contribution in [3.63, 3.8) is 0 Å². The summed E-state index contributed by atoms with van der Waals surface area (Å²) in [5.74, 6) is -0.138. The van der Waals surface area contributed by atoms with Crippen LogP contribution in [0, 0.1) is 0 Å². The summed E-state index contributed by atoms with van der Waals surface area (Å²) in [7, 11) is 3.83. The highest BCUT2D eigenvalue weighted by Gasteiger charge is 2.33. The van der Waals surface area contributed by atoms with E-state index in [-0.39, 0.29) is 5.97 Å². The molecule has 0 aliphatic carbocycles. The van der Waals surface area contributed by atoms with Crippen LogP contribution in [0.15, 0.2) is 0 Å². The zero-order valence-corrected chi connectivity index (χ0v) is 14.5. The minimum absolute atomic E-state index is 0.138. The van der Waals surface area contributed by atoms with Crippen LogP contribution in [0.1, 0.15) is 46.5 Å². The van der Waals surface area contributed by atoms with Crippen molar-refractivity contribution in [2.45, 2.75) is 52.0 Å². The van der Waals surface area contributed by atoms with Gasteiger partial charge >= 0.3 is 5.97 Å². The summed E-state index contributed by atoms with van der Waals surface area (Å²) in [4.78, 5) is 14.4. The number of methoxy groups -OCH3 is 1. The van der Waals surface area contributed by atoms with Gasteiger partial charge in [0, 0.05) is 20.3 Å². The molecule has 0 bridgehead atoms. The first-order valence-electron chi connectivity index (χ1n) is 8.09. The number of carbonyl (C=O) groups excluding carboxylic acids is 1. The summed E-state index contributed by atoms with van der Waals surface area (Å²) < 4.78 is 10.3. The zero-order valence-electron chi connectivity index (χ0n) is 14.5. The average molecular weight is 302 g/mol. The predicted molar refractivity (Wildman–Crippen MR) is 86.6 cm³/mol. The van der Waals surface area contributed by atoms with Crippen LogP contribution in [0.3, 0.4) is 0 Å². The molecule has 0 heterocycles. The van der Waals surface area contributed by atoms with E-state index in [1.165, 1.54) is 0 Å². The first-order valence-corrected chi connectivity index (χ1v) is 8.09. The second-order valence-electron chi connectivity index (χ2n) is 5.73. The van der Waals surface area contributed by atoms with E-state index < -0.39 is 5.54 Å². The fraction of sp³-hybridized carbons (Fsp3) is 0.938. The van der Waals surface area contributed by atoms with Crippen LogP contribution in [0.25, 0.3) is 0 Å². The minimum Gasteiger partial charge on any atom is -0.465 e. The summed E-state index contributed by atoms with van der Waals surface area (Å²) in [6.45, 7) is 9.95. The monoisotopic (exact) mass is 302 g/mol. The minimum atomic E-state index is -0.570. The Morgan fingerprint density at radius 3 is 2.48 bits per heavy atom. The highest BCUT2D eigenvalue weighted by atomic mass is 16.5. The van der Waals surface area contributed by atoms with Crippen molar-refractivity contribution in [1.82, 2.24) is 10.2 Å². The normalized spacial score (nSPS) is 14.2. The molecule has 0 aliphatic heterocycles. The van der Waals surface area contributed by atoms with Crippen molar-refractivity contribution in [3.05, 3.63) is 0 Å².